The third-order valence-corrected chi connectivity index (χ3v) is 3.76. The minimum Gasteiger partial charge on any atom is -0.344 e. The Morgan fingerprint density at radius 3 is 2.53 bits per heavy atom. The number of hydrogen-bond acceptors (Lipinski definition) is 3. The van der Waals surface area contributed by atoms with Gasteiger partial charge in [-0.3, -0.25) is 9.69 Å². The third-order valence-electron chi connectivity index (χ3n) is 3.76. The molecule has 1 saturated carbocycles. The van der Waals surface area contributed by atoms with E-state index in [1.165, 1.54) is 25.7 Å². The van der Waals surface area contributed by atoms with Crippen molar-refractivity contribution in [1.29, 1.82) is 5.26 Å². The van der Waals surface area contributed by atoms with Crippen LogP contribution in [0.5, 0.6) is 0 Å². The molecule has 0 atom stereocenters. The standard InChI is InChI=1S/C15H27N3O/c1-13(2)11-18(14-7-4-5-8-14)12-15(19)17(3)10-6-9-16/h13-14H,4-8,10-12H2,1-3H3. The average molecular weight is 265 g/mol. The van der Waals surface area contributed by atoms with Crippen LogP contribution in [0.3, 0.4) is 0 Å². The van der Waals surface area contributed by atoms with Gasteiger partial charge < -0.3 is 4.90 Å². The van der Waals surface area contributed by atoms with Gasteiger partial charge in [0.05, 0.1) is 19.0 Å². The summed E-state index contributed by atoms with van der Waals surface area (Å²) in [7, 11) is 1.79. The molecule has 0 unspecified atom stereocenters. The summed E-state index contributed by atoms with van der Waals surface area (Å²) in [4.78, 5) is 16.2. The molecule has 0 bridgehead atoms. The molecule has 108 valence electrons. The smallest absolute Gasteiger partial charge is 0.236 e. The summed E-state index contributed by atoms with van der Waals surface area (Å²) in [6.45, 7) is 6.43. The van der Waals surface area contributed by atoms with Gasteiger partial charge in [0.15, 0.2) is 0 Å². The molecule has 0 spiro atoms. The molecule has 19 heavy (non-hydrogen) atoms. The summed E-state index contributed by atoms with van der Waals surface area (Å²) in [5, 5.41) is 8.57. The van der Waals surface area contributed by atoms with Crippen molar-refractivity contribution in [3.8, 4) is 6.07 Å². The largest absolute Gasteiger partial charge is 0.344 e. The Labute approximate surface area is 117 Å². The molecule has 0 aromatic rings. The molecule has 1 amide bonds. The number of rotatable bonds is 7. The highest BCUT2D eigenvalue weighted by atomic mass is 16.2. The van der Waals surface area contributed by atoms with E-state index in [1.54, 1.807) is 11.9 Å². The molecule has 0 aromatic carbocycles. The zero-order valence-corrected chi connectivity index (χ0v) is 12.6. The van der Waals surface area contributed by atoms with Crippen LogP contribution in [0.1, 0.15) is 46.0 Å². The number of likely N-dealkylation sites (N-methyl/N-ethyl adjacent to an activating group) is 1. The van der Waals surface area contributed by atoms with Crippen LogP contribution in [0.4, 0.5) is 0 Å². The van der Waals surface area contributed by atoms with E-state index in [2.05, 4.69) is 24.8 Å². The van der Waals surface area contributed by atoms with Crippen LogP contribution in [0.25, 0.3) is 0 Å². The fraction of sp³-hybridized carbons (Fsp3) is 0.867. The van der Waals surface area contributed by atoms with Crippen molar-refractivity contribution in [1.82, 2.24) is 9.80 Å². The number of carbonyl (C=O) groups excluding carboxylic acids is 1. The lowest BCUT2D eigenvalue weighted by Gasteiger charge is -2.31. The average Bonchev–Trinajstić information content (AvgIpc) is 2.88. The molecule has 1 aliphatic carbocycles. The first-order chi connectivity index (χ1) is 9.04. The molecule has 0 aliphatic heterocycles. The Hall–Kier alpha value is -1.08. The lowest BCUT2D eigenvalue weighted by Crippen LogP contribution is -2.44. The van der Waals surface area contributed by atoms with Crippen LogP contribution in [0.15, 0.2) is 0 Å². The fourth-order valence-corrected chi connectivity index (χ4v) is 2.72. The topological polar surface area (TPSA) is 47.3 Å². The van der Waals surface area contributed by atoms with Gasteiger partial charge in [-0.15, -0.1) is 0 Å². The van der Waals surface area contributed by atoms with E-state index in [0.717, 1.165) is 6.54 Å². The summed E-state index contributed by atoms with van der Waals surface area (Å²) < 4.78 is 0. The van der Waals surface area contributed by atoms with Gasteiger partial charge in [0.2, 0.25) is 5.91 Å². The molecule has 4 nitrogen and oxygen atoms in total. The van der Waals surface area contributed by atoms with E-state index < -0.39 is 0 Å². The van der Waals surface area contributed by atoms with E-state index in [1.807, 2.05) is 0 Å². The molecule has 1 aliphatic rings. The van der Waals surface area contributed by atoms with Crippen molar-refractivity contribution in [3.05, 3.63) is 0 Å². The Morgan fingerprint density at radius 1 is 1.37 bits per heavy atom. The molecule has 0 aromatic heterocycles. The Balaban J connectivity index is 2.51. The van der Waals surface area contributed by atoms with Crippen LogP contribution >= 0.6 is 0 Å². The first-order valence-electron chi connectivity index (χ1n) is 7.39. The minimum atomic E-state index is 0.141. The van der Waals surface area contributed by atoms with Gasteiger partial charge in [0.1, 0.15) is 0 Å². The normalized spacial score (nSPS) is 16.0. The highest BCUT2D eigenvalue weighted by Crippen LogP contribution is 2.24. The highest BCUT2D eigenvalue weighted by Gasteiger charge is 2.25. The molecular formula is C15H27N3O. The van der Waals surface area contributed by atoms with E-state index in [4.69, 9.17) is 5.26 Å². The van der Waals surface area contributed by atoms with Crippen molar-refractivity contribution in [2.45, 2.75) is 52.0 Å². The van der Waals surface area contributed by atoms with Crippen LogP contribution in [-0.2, 0) is 4.79 Å². The van der Waals surface area contributed by atoms with Gasteiger partial charge in [-0.1, -0.05) is 26.7 Å². The van der Waals surface area contributed by atoms with Crippen LogP contribution in [0.2, 0.25) is 0 Å². The Morgan fingerprint density at radius 2 is 2.00 bits per heavy atom. The van der Waals surface area contributed by atoms with E-state index in [9.17, 15) is 4.79 Å². The molecule has 4 heteroatoms. The summed E-state index contributed by atoms with van der Waals surface area (Å²) >= 11 is 0. The number of carbonyl (C=O) groups is 1. The van der Waals surface area contributed by atoms with E-state index >= 15 is 0 Å². The van der Waals surface area contributed by atoms with Crippen molar-refractivity contribution in [2.75, 3.05) is 26.7 Å². The lowest BCUT2D eigenvalue weighted by atomic mass is 10.1. The first kappa shape index (κ1) is 16.0. The SMILES string of the molecule is CC(C)CN(CC(=O)N(C)CCC#N)C1CCCC1. The van der Waals surface area contributed by atoms with Crippen molar-refractivity contribution in [3.63, 3.8) is 0 Å². The lowest BCUT2D eigenvalue weighted by molar-refractivity contribution is -0.131. The molecule has 1 rings (SSSR count). The quantitative estimate of drug-likeness (QED) is 0.709. The maximum Gasteiger partial charge on any atom is 0.236 e. The third kappa shape index (κ3) is 5.61. The number of nitriles is 1. The predicted molar refractivity (Wildman–Crippen MR) is 76.5 cm³/mol. The molecule has 0 saturated heterocycles. The van der Waals surface area contributed by atoms with Crippen LogP contribution < -0.4 is 0 Å². The van der Waals surface area contributed by atoms with Gasteiger partial charge in [-0.25, -0.2) is 0 Å². The minimum absolute atomic E-state index is 0.141. The fourth-order valence-electron chi connectivity index (χ4n) is 2.72. The van der Waals surface area contributed by atoms with Crippen molar-refractivity contribution < 1.29 is 4.79 Å². The number of hydrogen-bond donors (Lipinski definition) is 0. The molecule has 1 fully saturated rings. The zero-order valence-electron chi connectivity index (χ0n) is 12.6. The summed E-state index contributed by atoms with van der Waals surface area (Å²) in [5.41, 5.74) is 0. The first-order valence-corrected chi connectivity index (χ1v) is 7.39. The summed E-state index contributed by atoms with van der Waals surface area (Å²) in [6.07, 6.45) is 5.44. The second-order valence-electron chi connectivity index (χ2n) is 5.98. The summed E-state index contributed by atoms with van der Waals surface area (Å²) in [6, 6.07) is 2.67. The molecular weight excluding hydrogens is 238 g/mol. The second kappa shape index (κ2) is 8.16. The Kier molecular flexibility index (Phi) is 6.86. The number of amides is 1. The van der Waals surface area contributed by atoms with E-state index in [-0.39, 0.29) is 5.91 Å². The molecule has 0 N–H and O–H groups in total. The predicted octanol–water partition coefficient (Wildman–Crippen LogP) is 2.26. The Bertz CT molecular complexity index is 316. The van der Waals surface area contributed by atoms with Crippen LogP contribution in [-0.4, -0.2) is 48.4 Å². The molecule has 0 radical (unpaired) electrons. The molecule has 0 heterocycles. The van der Waals surface area contributed by atoms with Gasteiger partial charge >= 0.3 is 0 Å². The van der Waals surface area contributed by atoms with Crippen molar-refractivity contribution >= 4 is 5.91 Å². The summed E-state index contributed by atoms with van der Waals surface area (Å²) in [5.74, 6) is 0.723. The highest BCUT2D eigenvalue weighted by molar-refractivity contribution is 5.78. The maximum atomic E-state index is 12.2. The van der Waals surface area contributed by atoms with E-state index in [0.29, 0.717) is 31.5 Å². The number of nitrogens with zero attached hydrogens (tertiary/aromatic N) is 3. The maximum absolute atomic E-state index is 12.2. The van der Waals surface area contributed by atoms with Crippen LogP contribution in [0, 0.1) is 17.2 Å². The second-order valence-corrected chi connectivity index (χ2v) is 5.98. The zero-order chi connectivity index (χ0) is 14.3. The van der Waals surface area contributed by atoms with Gasteiger partial charge in [0, 0.05) is 26.2 Å². The van der Waals surface area contributed by atoms with Gasteiger partial charge in [-0.2, -0.15) is 5.26 Å². The monoisotopic (exact) mass is 265 g/mol. The van der Waals surface area contributed by atoms with Gasteiger partial charge in [0.25, 0.3) is 0 Å². The van der Waals surface area contributed by atoms with Crippen molar-refractivity contribution in [2.24, 2.45) is 5.92 Å². The van der Waals surface area contributed by atoms with Gasteiger partial charge in [-0.05, 0) is 18.8 Å².